The van der Waals surface area contributed by atoms with Gasteiger partial charge in [-0.1, -0.05) is 0 Å². The summed E-state index contributed by atoms with van der Waals surface area (Å²) in [4.78, 5) is 23.1. The van der Waals surface area contributed by atoms with Gasteiger partial charge in [-0.2, -0.15) is 0 Å². The van der Waals surface area contributed by atoms with Crippen LogP contribution in [0.1, 0.15) is 16.8 Å². The van der Waals surface area contributed by atoms with Crippen molar-refractivity contribution in [2.24, 2.45) is 0 Å². The van der Waals surface area contributed by atoms with Gasteiger partial charge >= 0.3 is 6.09 Å². The number of carbonyl (C=O) groups excluding carboxylic acids is 1. The number of rotatable bonds is 3. The van der Waals surface area contributed by atoms with E-state index in [9.17, 15) is 9.59 Å². The Morgan fingerprint density at radius 3 is 2.71 bits per heavy atom. The van der Waals surface area contributed by atoms with Crippen LogP contribution < -0.4 is 10.2 Å². The molecule has 0 aliphatic carbocycles. The summed E-state index contributed by atoms with van der Waals surface area (Å²) in [6.45, 7) is 1.50. The molecular weight excluding hydrogens is 220 g/mol. The van der Waals surface area contributed by atoms with Crippen molar-refractivity contribution in [1.29, 1.82) is 0 Å². The summed E-state index contributed by atoms with van der Waals surface area (Å²) >= 11 is 0. The van der Waals surface area contributed by atoms with Gasteiger partial charge in [0.05, 0.1) is 6.04 Å². The minimum absolute atomic E-state index is 0.0155. The predicted molar refractivity (Wildman–Crippen MR) is 63.6 cm³/mol. The fourth-order valence-corrected chi connectivity index (χ4v) is 2.05. The maximum atomic E-state index is 10.5. The van der Waals surface area contributed by atoms with E-state index in [1.807, 2.05) is 12.1 Å². The lowest BCUT2D eigenvalue weighted by atomic mass is 10.2. The maximum absolute atomic E-state index is 10.5. The lowest BCUT2D eigenvalue weighted by molar-refractivity contribution is 0.112. The van der Waals surface area contributed by atoms with Crippen molar-refractivity contribution in [3.63, 3.8) is 0 Å². The van der Waals surface area contributed by atoms with Crippen molar-refractivity contribution in [3.8, 4) is 0 Å². The SMILES string of the molecule is O=Cc1ccc(N2CCC(NC(=O)O)C2)cc1. The molecule has 1 saturated heterocycles. The summed E-state index contributed by atoms with van der Waals surface area (Å²) in [5.74, 6) is 0. The van der Waals surface area contributed by atoms with Gasteiger partial charge in [0, 0.05) is 24.3 Å². The van der Waals surface area contributed by atoms with E-state index in [2.05, 4.69) is 10.2 Å². The molecule has 17 heavy (non-hydrogen) atoms. The van der Waals surface area contributed by atoms with Crippen molar-refractivity contribution in [1.82, 2.24) is 5.32 Å². The number of hydrogen-bond acceptors (Lipinski definition) is 3. The largest absolute Gasteiger partial charge is 0.465 e. The Hall–Kier alpha value is -2.04. The van der Waals surface area contributed by atoms with Gasteiger partial charge in [-0.15, -0.1) is 0 Å². The van der Waals surface area contributed by atoms with Crippen molar-refractivity contribution < 1.29 is 14.7 Å². The molecule has 1 aliphatic rings. The van der Waals surface area contributed by atoms with Gasteiger partial charge in [0.2, 0.25) is 0 Å². The summed E-state index contributed by atoms with van der Waals surface area (Å²) in [7, 11) is 0. The Morgan fingerprint density at radius 1 is 1.41 bits per heavy atom. The first-order chi connectivity index (χ1) is 8.19. The van der Waals surface area contributed by atoms with Gasteiger partial charge < -0.3 is 15.3 Å². The molecule has 2 N–H and O–H groups in total. The molecule has 0 radical (unpaired) electrons. The van der Waals surface area contributed by atoms with E-state index in [4.69, 9.17) is 5.11 Å². The number of carboxylic acid groups (broad SMARTS) is 1. The zero-order valence-corrected chi connectivity index (χ0v) is 9.30. The van der Waals surface area contributed by atoms with Gasteiger partial charge in [-0.25, -0.2) is 4.79 Å². The fraction of sp³-hybridized carbons (Fsp3) is 0.333. The smallest absolute Gasteiger partial charge is 0.404 e. The molecule has 0 bridgehead atoms. The zero-order chi connectivity index (χ0) is 12.3. The Kier molecular flexibility index (Phi) is 3.27. The standard InChI is InChI=1S/C12H14N2O3/c15-8-9-1-3-11(4-2-9)14-6-5-10(7-14)13-12(16)17/h1-4,8,10,13H,5-7H2,(H,16,17). The third-order valence-electron chi connectivity index (χ3n) is 2.91. The Morgan fingerprint density at radius 2 is 2.12 bits per heavy atom. The molecule has 1 aromatic carbocycles. The topological polar surface area (TPSA) is 69.6 Å². The molecular formula is C12H14N2O3. The van der Waals surface area contributed by atoms with Crippen LogP contribution in [-0.4, -0.2) is 36.6 Å². The molecule has 2 rings (SSSR count). The molecule has 0 spiro atoms. The second kappa shape index (κ2) is 4.86. The molecule has 1 unspecified atom stereocenters. The van der Waals surface area contributed by atoms with Gasteiger partial charge in [0.25, 0.3) is 0 Å². The highest BCUT2D eigenvalue weighted by molar-refractivity contribution is 5.75. The monoisotopic (exact) mass is 234 g/mol. The molecule has 5 nitrogen and oxygen atoms in total. The van der Waals surface area contributed by atoms with Crippen molar-refractivity contribution >= 4 is 18.1 Å². The molecule has 1 amide bonds. The molecule has 5 heteroatoms. The van der Waals surface area contributed by atoms with E-state index in [0.29, 0.717) is 12.1 Å². The minimum atomic E-state index is -0.979. The Bertz CT molecular complexity index is 416. The van der Waals surface area contributed by atoms with Crippen LogP contribution in [-0.2, 0) is 0 Å². The Balaban J connectivity index is 1.99. The van der Waals surface area contributed by atoms with Crippen LogP contribution in [0.5, 0.6) is 0 Å². The summed E-state index contributed by atoms with van der Waals surface area (Å²) in [6.07, 6.45) is 0.637. The lowest BCUT2D eigenvalue weighted by Crippen LogP contribution is -2.36. The van der Waals surface area contributed by atoms with Gasteiger partial charge in [0.15, 0.2) is 0 Å². The third-order valence-corrected chi connectivity index (χ3v) is 2.91. The van der Waals surface area contributed by atoms with Crippen LogP contribution in [0.2, 0.25) is 0 Å². The number of anilines is 1. The van der Waals surface area contributed by atoms with Crippen LogP contribution >= 0.6 is 0 Å². The molecule has 0 saturated carbocycles. The first-order valence-corrected chi connectivity index (χ1v) is 5.48. The van der Waals surface area contributed by atoms with Crippen LogP contribution in [0.25, 0.3) is 0 Å². The van der Waals surface area contributed by atoms with E-state index in [1.54, 1.807) is 12.1 Å². The molecule has 1 aliphatic heterocycles. The number of nitrogens with zero attached hydrogens (tertiary/aromatic N) is 1. The number of aldehydes is 1. The summed E-state index contributed by atoms with van der Waals surface area (Å²) in [5, 5.41) is 11.1. The lowest BCUT2D eigenvalue weighted by Gasteiger charge is -2.18. The third kappa shape index (κ3) is 2.75. The van der Waals surface area contributed by atoms with E-state index in [-0.39, 0.29) is 6.04 Å². The quantitative estimate of drug-likeness (QED) is 0.774. The van der Waals surface area contributed by atoms with Crippen molar-refractivity contribution in [3.05, 3.63) is 29.8 Å². The maximum Gasteiger partial charge on any atom is 0.404 e. The van der Waals surface area contributed by atoms with E-state index in [0.717, 1.165) is 24.9 Å². The first kappa shape index (κ1) is 11.4. The van der Waals surface area contributed by atoms with Gasteiger partial charge in [0.1, 0.15) is 6.29 Å². The van der Waals surface area contributed by atoms with Crippen LogP contribution in [0.15, 0.2) is 24.3 Å². The van der Waals surface area contributed by atoms with Crippen LogP contribution in [0.4, 0.5) is 10.5 Å². The predicted octanol–water partition coefficient (Wildman–Crippen LogP) is 1.35. The normalized spacial score (nSPS) is 19.1. The van der Waals surface area contributed by atoms with E-state index < -0.39 is 6.09 Å². The number of carbonyl (C=O) groups is 2. The molecule has 1 aromatic rings. The van der Waals surface area contributed by atoms with Crippen LogP contribution in [0, 0.1) is 0 Å². The number of nitrogens with one attached hydrogen (secondary N) is 1. The minimum Gasteiger partial charge on any atom is -0.465 e. The highest BCUT2D eigenvalue weighted by atomic mass is 16.4. The van der Waals surface area contributed by atoms with Gasteiger partial charge in [-0.05, 0) is 30.7 Å². The number of benzene rings is 1. The average Bonchev–Trinajstić information content (AvgIpc) is 2.77. The van der Waals surface area contributed by atoms with Crippen molar-refractivity contribution in [2.45, 2.75) is 12.5 Å². The number of hydrogen-bond donors (Lipinski definition) is 2. The second-order valence-corrected chi connectivity index (χ2v) is 4.09. The number of amides is 1. The summed E-state index contributed by atoms with van der Waals surface area (Å²) in [5.41, 5.74) is 1.67. The molecule has 1 atom stereocenters. The van der Waals surface area contributed by atoms with E-state index >= 15 is 0 Å². The fourth-order valence-electron chi connectivity index (χ4n) is 2.05. The second-order valence-electron chi connectivity index (χ2n) is 4.09. The van der Waals surface area contributed by atoms with E-state index in [1.165, 1.54) is 0 Å². The zero-order valence-electron chi connectivity index (χ0n) is 9.30. The Labute approximate surface area is 99.0 Å². The van der Waals surface area contributed by atoms with Crippen molar-refractivity contribution in [2.75, 3.05) is 18.0 Å². The molecule has 0 aromatic heterocycles. The van der Waals surface area contributed by atoms with Crippen LogP contribution in [0.3, 0.4) is 0 Å². The highest BCUT2D eigenvalue weighted by Crippen LogP contribution is 2.20. The van der Waals surface area contributed by atoms with Gasteiger partial charge in [-0.3, -0.25) is 4.79 Å². The average molecular weight is 234 g/mol. The summed E-state index contributed by atoms with van der Waals surface area (Å²) in [6, 6.07) is 7.28. The summed E-state index contributed by atoms with van der Waals surface area (Å²) < 4.78 is 0. The molecule has 1 fully saturated rings. The molecule has 1 heterocycles. The molecule has 90 valence electrons. The highest BCUT2D eigenvalue weighted by Gasteiger charge is 2.23. The first-order valence-electron chi connectivity index (χ1n) is 5.48.